The largest absolute Gasteiger partial charge is 0.273 e. The van der Waals surface area contributed by atoms with Crippen molar-refractivity contribution >= 4 is 0 Å². The Morgan fingerprint density at radius 1 is 1.12 bits per heavy atom. The standard InChI is InChI=1S/C11H18N6/c1-2-17-4-10(3-12-17)11-15-6-13-5-14(8-15)9-16(11)7-13/h3-4,11H,2,5-9H2,1H3. The second-order valence-corrected chi connectivity index (χ2v) is 5.23. The number of aryl methyl sites for hydroxylation is 1. The summed E-state index contributed by atoms with van der Waals surface area (Å²) in [6.07, 6.45) is 4.65. The second-order valence-electron chi connectivity index (χ2n) is 5.23. The first-order chi connectivity index (χ1) is 8.33. The van der Waals surface area contributed by atoms with Gasteiger partial charge in [0, 0.05) is 18.3 Å². The molecule has 4 bridgehead atoms. The molecule has 92 valence electrons. The molecule has 4 aliphatic rings. The van der Waals surface area contributed by atoms with Crippen molar-refractivity contribution in [3.8, 4) is 0 Å². The molecule has 6 nitrogen and oxygen atoms in total. The zero-order valence-electron chi connectivity index (χ0n) is 10.2. The van der Waals surface area contributed by atoms with Gasteiger partial charge in [0.2, 0.25) is 0 Å². The highest BCUT2D eigenvalue weighted by Gasteiger charge is 2.44. The van der Waals surface area contributed by atoms with E-state index < -0.39 is 0 Å². The summed E-state index contributed by atoms with van der Waals surface area (Å²) in [4.78, 5) is 10.0. The molecular formula is C11H18N6. The van der Waals surface area contributed by atoms with Crippen LogP contribution in [0.2, 0.25) is 0 Å². The van der Waals surface area contributed by atoms with Crippen LogP contribution in [0, 0.1) is 0 Å². The molecule has 1 aromatic rings. The van der Waals surface area contributed by atoms with E-state index in [-0.39, 0.29) is 0 Å². The molecule has 4 fully saturated rings. The number of hydrogen-bond donors (Lipinski definition) is 0. The zero-order chi connectivity index (χ0) is 11.4. The Balaban J connectivity index is 1.65. The minimum Gasteiger partial charge on any atom is -0.273 e. The van der Waals surface area contributed by atoms with Crippen LogP contribution in [0.3, 0.4) is 0 Å². The fourth-order valence-corrected chi connectivity index (χ4v) is 3.32. The predicted molar refractivity (Wildman–Crippen MR) is 62.3 cm³/mol. The Kier molecular flexibility index (Phi) is 2.07. The lowest BCUT2D eigenvalue weighted by Gasteiger charge is -2.60. The van der Waals surface area contributed by atoms with Crippen molar-refractivity contribution in [3.63, 3.8) is 0 Å². The summed E-state index contributed by atoms with van der Waals surface area (Å²) in [7, 11) is 0. The summed E-state index contributed by atoms with van der Waals surface area (Å²) in [5.41, 5.74) is 1.34. The monoisotopic (exact) mass is 234 g/mol. The van der Waals surface area contributed by atoms with Gasteiger partial charge in [-0.15, -0.1) is 0 Å². The van der Waals surface area contributed by atoms with Gasteiger partial charge < -0.3 is 0 Å². The average molecular weight is 234 g/mol. The smallest absolute Gasteiger partial charge is 0.0958 e. The molecule has 0 radical (unpaired) electrons. The fraction of sp³-hybridized carbons (Fsp3) is 0.727. The van der Waals surface area contributed by atoms with Crippen LogP contribution >= 0.6 is 0 Å². The fourth-order valence-electron chi connectivity index (χ4n) is 3.32. The van der Waals surface area contributed by atoms with Crippen molar-refractivity contribution in [2.45, 2.75) is 19.6 Å². The molecule has 0 amide bonds. The Bertz CT molecular complexity index is 399. The molecule has 0 unspecified atom stereocenters. The topological polar surface area (TPSA) is 30.8 Å². The quantitative estimate of drug-likeness (QED) is 0.715. The van der Waals surface area contributed by atoms with Gasteiger partial charge >= 0.3 is 0 Å². The van der Waals surface area contributed by atoms with E-state index in [0.717, 1.165) is 39.9 Å². The van der Waals surface area contributed by atoms with Gasteiger partial charge in [0.15, 0.2) is 0 Å². The van der Waals surface area contributed by atoms with Crippen LogP contribution in [0.1, 0.15) is 18.7 Å². The second kappa shape index (κ2) is 3.52. The molecule has 1 aromatic heterocycles. The lowest BCUT2D eigenvalue weighted by molar-refractivity contribution is -0.233. The predicted octanol–water partition coefficient (Wildman–Crippen LogP) is -0.0621. The van der Waals surface area contributed by atoms with Crippen LogP contribution in [-0.4, -0.2) is 62.7 Å². The summed E-state index contributed by atoms with van der Waals surface area (Å²) in [5.74, 6) is 0. The summed E-state index contributed by atoms with van der Waals surface area (Å²) in [6, 6.07) is 0. The molecule has 5 heterocycles. The number of rotatable bonds is 2. The van der Waals surface area contributed by atoms with Crippen molar-refractivity contribution < 1.29 is 0 Å². The molecular weight excluding hydrogens is 216 g/mol. The first-order valence-corrected chi connectivity index (χ1v) is 6.28. The van der Waals surface area contributed by atoms with Crippen LogP contribution < -0.4 is 0 Å². The minimum atomic E-state index is 0.433. The van der Waals surface area contributed by atoms with Gasteiger partial charge in [0.1, 0.15) is 0 Å². The van der Waals surface area contributed by atoms with Gasteiger partial charge in [0.05, 0.1) is 45.7 Å². The van der Waals surface area contributed by atoms with Crippen molar-refractivity contribution in [2.24, 2.45) is 0 Å². The molecule has 5 rings (SSSR count). The molecule has 0 atom stereocenters. The summed E-state index contributed by atoms with van der Waals surface area (Å²) < 4.78 is 2.02. The molecule has 0 saturated carbocycles. The highest BCUT2D eigenvalue weighted by Crippen LogP contribution is 2.35. The highest BCUT2D eigenvalue weighted by atomic mass is 15.7. The molecule has 17 heavy (non-hydrogen) atoms. The SMILES string of the molecule is CCn1cc(C2N3CN4CN(C3)CN2C4)cn1. The van der Waals surface area contributed by atoms with Gasteiger partial charge in [-0.25, -0.2) is 0 Å². The molecule has 4 saturated heterocycles. The van der Waals surface area contributed by atoms with E-state index in [1.54, 1.807) is 0 Å². The molecule has 0 N–H and O–H groups in total. The Morgan fingerprint density at radius 3 is 2.29 bits per heavy atom. The zero-order valence-corrected chi connectivity index (χ0v) is 10.2. The molecule has 0 aliphatic carbocycles. The lowest BCUT2D eigenvalue weighted by Crippen LogP contribution is -2.72. The van der Waals surface area contributed by atoms with Gasteiger partial charge in [-0.3, -0.25) is 24.3 Å². The molecule has 0 aromatic carbocycles. The first kappa shape index (κ1) is 10.0. The van der Waals surface area contributed by atoms with Crippen molar-refractivity contribution in [1.29, 1.82) is 0 Å². The van der Waals surface area contributed by atoms with Gasteiger partial charge in [-0.05, 0) is 6.92 Å². The summed E-state index contributed by atoms with van der Waals surface area (Å²) in [6.45, 7) is 8.58. The van der Waals surface area contributed by atoms with Gasteiger partial charge in [-0.1, -0.05) is 0 Å². The Hall–Kier alpha value is -0.950. The third-order valence-corrected chi connectivity index (χ3v) is 3.89. The van der Waals surface area contributed by atoms with E-state index in [2.05, 4.69) is 37.8 Å². The number of nitrogens with zero attached hydrogens (tertiary/aromatic N) is 6. The van der Waals surface area contributed by atoms with Crippen LogP contribution in [-0.2, 0) is 6.54 Å². The number of hydrogen-bond acceptors (Lipinski definition) is 5. The van der Waals surface area contributed by atoms with Crippen LogP contribution in [0.15, 0.2) is 12.4 Å². The maximum absolute atomic E-state index is 4.40. The third-order valence-electron chi connectivity index (χ3n) is 3.89. The van der Waals surface area contributed by atoms with E-state index in [1.807, 2.05) is 10.9 Å². The summed E-state index contributed by atoms with van der Waals surface area (Å²) >= 11 is 0. The van der Waals surface area contributed by atoms with E-state index in [9.17, 15) is 0 Å². The minimum absolute atomic E-state index is 0.433. The van der Waals surface area contributed by atoms with Gasteiger partial charge in [-0.2, -0.15) is 5.10 Å². The normalized spacial score (nSPS) is 43.2. The van der Waals surface area contributed by atoms with E-state index >= 15 is 0 Å². The maximum Gasteiger partial charge on any atom is 0.0958 e. The lowest BCUT2D eigenvalue weighted by atomic mass is 10.1. The van der Waals surface area contributed by atoms with E-state index in [1.165, 1.54) is 5.56 Å². The van der Waals surface area contributed by atoms with Gasteiger partial charge in [0.25, 0.3) is 0 Å². The Labute approximate surface area is 101 Å². The van der Waals surface area contributed by atoms with Crippen molar-refractivity contribution in [3.05, 3.63) is 18.0 Å². The van der Waals surface area contributed by atoms with Crippen LogP contribution in [0.5, 0.6) is 0 Å². The first-order valence-electron chi connectivity index (χ1n) is 6.28. The Morgan fingerprint density at radius 2 is 1.76 bits per heavy atom. The number of aromatic nitrogens is 2. The highest BCUT2D eigenvalue weighted by molar-refractivity contribution is 5.12. The summed E-state index contributed by atoms with van der Waals surface area (Å²) in [5, 5.41) is 4.40. The maximum atomic E-state index is 4.40. The molecule has 0 spiro atoms. The van der Waals surface area contributed by atoms with Crippen molar-refractivity contribution in [2.75, 3.05) is 33.3 Å². The van der Waals surface area contributed by atoms with Crippen molar-refractivity contribution in [1.82, 2.24) is 29.4 Å². The average Bonchev–Trinajstić information content (AvgIpc) is 2.76. The van der Waals surface area contributed by atoms with E-state index in [0.29, 0.717) is 6.17 Å². The van der Waals surface area contributed by atoms with E-state index in [4.69, 9.17) is 0 Å². The molecule has 6 heteroatoms. The third kappa shape index (κ3) is 1.45. The molecule has 4 aliphatic heterocycles. The van der Waals surface area contributed by atoms with Crippen LogP contribution in [0.25, 0.3) is 0 Å². The van der Waals surface area contributed by atoms with Crippen LogP contribution in [0.4, 0.5) is 0 Å².